The molecule has 0 aliphatic heterocycles. The van der Waals surface area contributed by atoms with Crippen LogP contribution in [-0.4, -0.2) is 14.3 Å². The van der Waals surface area contributed by atoms with E-state index in [1.165, 1.54) is 17.0 Å². The first-order valence-corrected chi connectivity index (χ1v) is 9.05. The molecule has 1 amide bonds. The number of amides is 1. The van der Waals surface area contributed by atoms with Gasteiger partial charge in [-0.15, -0.1) is 11.3 Å². The maximum absolute atomic E-state index is 12.4. The third kappa shape index (κ3) is 3.73. The van der Waals surface area contributed by atoms with Gasteiger partial charge in [-0.05, 0) is 50.6 Å². The Hall–Kier alpha value is -1.70. The van der Waals surface area contributed by atoms with Crippen LogP contribution in [-0.2, 0) is 10.0 Å². The topological polar surface area (TPSA) is 89.3 Å². The van der Waals surface area contributed by atoms with Gasteiger partial charge in [-0.2, -0.15) is 0 Å². The fourth-order valence-corrected chi connectivity index (χ4v) is 3.47. The predicted molar refractivity (Wildman–Crippen MR) is 87.5 cm³/mol. The smallest absolute Gasteiger partial charge is 0.252 e. The SMILES string of the molecule is Cc1ccc([C@@H](C)NC(=O)c2cc(S(N)(=O)=O)ccc2C)s1. The van der Waals surface area contributed by atoms with Crippen LogP contribution >= 0.6 is 11.3 Å². The zero-order chi connectivity index (χ0) is 16.5. The molecule has 0 aliphatic rings. The Balaban J connectivity index is 2.26. The second-order valence-corrected chi connectivity index (χ2v) is 8.05. The Morgan fingerprint density at radius 1 is 1.23 bits per heavy atom. The zero-order valence-corrected chi connectivity index (χ0v) is 14.2. The van der Waals surface area contributed by atoms with Crippen LogP contribution in [0.5, 0.6) is 0 Å². The first-order chi connectivity index (χ1) is 10.2. The number of rotatable bonds is 4. The van der Waals surface area contributed by atoms with Crippen LogP contribution in [0.25, 0.3) is 0 Å². The molecular formula is C15H18N2O3S2. The van der Waals surface area contributed by atoms with Crippen molar-refractivity contribution in [3.8, 4) is 0 Å². The van der Waals surface area contributed by atoms with E-state index >= 15 is 0 Å². The number of nitrogens with two attached hydrogens (primary N) is 1. The fraction of sp³-hybridized carbons (Fsp3) is 0.267. The highest BCUT2D eigenvalue weighted by Crippen LogP contribution is 2.23. The lowest BCUT2D eigenvalue weighted by atomic mass is 10.1. The summed E-state index contributed by atoms with van der Waals surface area (Å²) in [5.74, 6) is -0.318. The zero-order valence-electron chi connectivity index (χ0n) is 12.6. The Kier molecular flexibility index (Phi) is 4.69. The Morgan fingerprint density at radius 2 is 1.91 bits per heavy atom. The molecule has 1 atom stereocenters. The molecule has 0 saturated carbocycles. The number of aryl methyl sites for hydroxylation is 2. The van der Waals surface area contributed by atoms with Crippen LogP contribution < -0.4 is 10.5 Å². The average Bonchev–Trinajstić information content (AvgIpc) is 2.84. The van der Waals surface area contributed by atoms with E-state index in [2.05, 4.69) is 5.32 Å². The van der Waals surface area contributed by atoms with Crippen molar-refractivity contribution in [2.45, 2.75) is 31.7 Å². The molecule has 0 fully saturated rings. The van der Waals surface area contributed by atoms with Gasteiger partial charge in [0.25, 0.3) is 5.91 Å². The molecule has 3 N–H and O–H groups in total. The lowest BCUT2D eigenvalue weighted by Gasteiger charge is -2.14. The van der Waals surface area contributed by atoms with Crippen molar-refractivity contribution in [3.63, 3.8) is 0 Å². The van der Waals surface area contributed by atoms with Crippen molar-refractivity contribution >= 4 is 27.3 Å². The summed E-state index contributed by atoms with van der Waals surface area (Å²) in [7, 11) is -3.83. The van der Waals surface area contributed by atoms with Crippen molar-refractivity contribution in [1.29, 1.82) is 0 Å². The van der Waals surface area contributed by atoms with Crippen LogP contribution in [0.2, 0.25) is 0 Å². The predicted octanol–water partition coefficient (Wildman–Crippen LogP) is 2.50. The van der Waals surface area contributed by atoms with Crippen molar-refractivity contribution in [1.82, 2.24) is 5.32 Å². The molecular weight excluding hydrogens is 320 g/mol. The van der Waals surface area contributed by atoms with Crippen molar-refractivity contribution in [2.24, 2.45) is 5.14 Å². The second-order valence-electron chi connectivity index (χ2n) is 5.17. The number of hydrogen-bond acceptors (Lipinski definition) is 4. The first-order valence-electron chi connectivity index (χ1n) is 6.69. The Bertz CT molecular complexity index is 810. The summed E-state index contributed by atoms with van der Waals surface area (Å²) < 4.78 is 22.8. The molecule has 0 aliphatic carbocycles. The van der Waals surface area contributed by atoms with E-state index in [1.807, 2.05) is 26.0 Å². The number of hydrogen-bond donors (Lipinski definition) is 2. The minimum Gasteiger partial charge on any atom is -0.345 e. The van der Waals surface area contributed by atoms with Crippen molar-refractivity contribution in [3.05, 3.63) is 51.2 Å². The average molecular weight is 338 g/mol. The van der Waals surface area contributed by atoms with E-state index in [9.17, 15) is 13.2 Å². The molecule has 22 heavy (non-hydrogen) atoms. The van der Waals surface area contributed by atoms with Gasteiger partial charge in [0.05, 0.1) is 10.9 Å². The fourth-order valence-electron chi connectivity index (χ4n) is 2.05. The third-order valence-electron chi connectivity index (χ3n) is 3.32. The summed E-state index contributed by atoms with van der Waals surface area (Å²) in [4.78, 5) is 14.5. The normalized spacial score (nSPS) is 12.9. The molecule has 1 heterocycles. The highest BCUT2D eigenvalue weighted by Gasteiger charge is 2.17. The summed E-state index contributed by atoms with van der Waals surface area (Å²) in [6.07, 6.45) is 0. The second kappa shape index (κ2) is 6.20. The van der Waals surface area contributed by atoms with E-state index in [4.69, 9.17) is 5.14 Å². The van der Waals surface area contributed by atoms with Gasteiger partial charge in [-0.1, -0.05) is 6.07 Å². The van der Waals surface area contributed by atoms with Gasteiger partial charge in [0.2, 0.25) is 10.0 Å². The van der Waals surface area contributed by atoms with Crippen LogP contribution in [0.1, 0.15) is 38.6 Å². The maximum atomic E-state index is 12.4. The van der Waals surface area contributed by atoms with Crippen molar-refractivity contribution < 1.29 is 13.2 Å². The quantitative estimate of drug-likeness (QED) is 0.897. The van der Waals surface area contributed by atoms with Gasteiger partial charge in [0, 0.05) is 15.3 Å². The molecule has 0 saturated heterocycles. The molecule has 0 unspecified atom stereocenters. The van der Waals surface area contributed by atoms with Crippen LogP contribution in [0, 0.1) is 13.8 Å². The first kappa shape index (κ1) is 16.7. The molecule has 0 bridgehead atoms. The summed E-state index contributed by atoms with van der Waals surface area (Å²) in [5.41, 5.74) is 1.01. The molecule has 2 rings (SSSR count). The monoisotopic (exact) mass is 338 g/mol. The number of nitrogens with one attached hydrogen (secondary N) is 1. The summed E-state index contributed by atoms with van der Waals surface area (Å²) in [6.45, 7) is 5.65. The standard InChI is InChI=1S/C15H18N2O3S2/c1-9-4-6-12(22(16,19)20)8-13(9)15(18)17-11(3)14-7-5-10(2)21-14/h4-8,11H,1-3H3,(H,17,18)(H2,16,19,20)/t11-/m1/s1. The lowest BCUT2D eigenvalue weighted by Crippen LogP contribution is -2.27. The van der Waals surface area contributed by atoms with Crippen LogP contribution in [0.3, 0.4) is 0 Å². The van der Waals surface area contributed by atoms with Gasteiger partial charge in [0.1, 0.15) is 0 Å². The summed E-state index contributed by atoms with van der Waals surface area (Å²) in [5, 5.41) is 7.99. The highest BCUT2D eigenvalue weighted by molar-refractivity contribution is 7.89. The number of benzene rings is 1. The van der Waals surface area contributed by atoms with E-state index in [-0.39, 0.29) is 16.8 Å². The number of sulfonamides is 1. The number of carbonyl (C=O) groups excluding carboxylic acids is 1. The molecule has 0 spiro atoms. The molecule has 1 aromatic heterocycles. The van der Waals surface area contributed by atoms with Gasteiger partial charge in [-0.25, -0.2) is 13.6 Å². The minimum absolute atomic E-state index is 0.0668. The molecule has 118 valence electrons. The molecule has 7 heteroatoms. The lowest BCUT2D eigenvalue weighted by molar-refractivity contribution is 0.0939. The summed E-state index contributed by atoms with van der Waals surface area (Å²) in [6, 6.07) is 8.10. The molecule has 0 radical (unpaired) electrons. The molecule has 2 aromatic rings. The van der Waals surface area contributed by atoms with Crippen molar-refractivity contribution in [2.75, 3.05) is 0 Å². The van der Waals surface area contributed by atoms with E-state index in [0.717, 1.165) is 4.88 Å². The molecule has 1 aromatic carbocycles. The van der Waals surface area contributed by atoms with E-state index in [1.54, 1.807) is 24.3 Å². The number of thiophene rings is 1. The van der Waals surface area contributed by atoms with Gasteiger partial charge >= 0.3 is 0 Å². The Labute approximate surface area is 134 Å². The summed E-state index contributed by atoms with van der Waals surface area (Å²) >= 11 is 1.61. The molecule has 5 nitrogen and oxygen atoms in total. The van der Waals surface area contributed by atoms with E-state index < -0.39 is 10.0 Å². The maximum Gasteiger partial charge on any atom is 0.252 e. The number of carbonyl (C=O) groups is 1. The minimum atomic E-state index is -3.83. The third-order valence-corrected chi connectivity index (χ3v) is 5.41. The van der Waals surface area contributed by atoms with Gasteiger partial charge < -0.3 is 5.32 Å². The largest absolute Gasteiger partial charge is 0.345 e. The highest BCUT2D eigenvalue weighted by atomic mass is 32.2. The Morgan fingerprint density at radius 3 is 2.45 bits per heavy atom. The van der Waals surface area contributed by atoms with Gasteiger partial charge in [0.15, 0.2) is 0 Å². The van der Waals surface area contributed by atoms with E-state index in [0.29, 0.717) is 11.1 Å². The van der Waals surface area contributed by atoms with Crippen LogP contribution in [0.4, 0.5) is 0 Å². The number of primary sulfonamides is 1. The van der Waals surface area contributed by atoms with Crippen LogP contribution in [0.15, 0.2) is 35.2 Å². The van der Waals surface area contributed by atoms with Gasteiger partial charge in [-0.3, -0.25) is 4.79 Å².